The molecule has 3 rings (SSSR count). The van der Waals surface area contributed by atoms with Gasteiger partial charge in [-0.05, 0) is 33.6 Å². The number of hydrogen-bond acceptors (Lipinski definition) is 5. The second-order valence-electron chi connectivity index (χ2n) is 7.05. The predicted octanol–water partition coefficient (Wildman–Crippen LogP) is 1.83. The molecule has 0 spiro atoms. The molecule has 7 nitrogen and oxygen atoms in total. The topological polar surface area (TPSA) is 75.6 Å². The molecule has 124 valence electrons. The highest BCUT2D eigenvalue weighted by atomic mass is 16.6. The Morgan fingerprint density at radius 1 is 1.39 bits per heavy atom. The SMILES string of the molecule is CC(C)(C)OC(=O)N1CCCC(N2Cc3cncnc3C2=O)C1. The van der Waals surface area contributed by atoms with Gasteiger partial charge < -0.3 is 14.5 Å². The Morgan fingerprint density at radius 3 is 2.87 bits per heavy atom. The Balaban J connectivity index is 1.68. The zero-order chi connectivity index (χ0) is 16.6. The zero-order valence-corrected chi connectivity index (χ0v) is 13.8. The van der Waals surface area contributed by atoms with Crippen molar-refractivity contribution in [3.8, 4) is 0 Å². The maximum Gasteiger partial charge on any atom is 0.410 e. The molecule has 2 aliphatic heterocycles. The Hall–Kier alpha value is -2.18. The molecule has 3 heterocycles. The summed E-state index contributed by atoms with van der Waals surface area (Å²) < 4.78 is 5.44. The van der Waals surface area contributed by atoms with Crippen molar-refractivity contribution in [1.29, 1.82) is 0 Å². The summed E-state index contributed by atoms with van der Waals surface area (Å²) in [4.78, 5) is 36.3. The lowest BCUT2D eigenvalue weighted by molar-refractivity contribution is 0.0106. The molecule has 1 atom stereocenters. The van der Waals surface area contributed by atoms with Crippen LogP contribution in [0.25, 0.3) is 0 Å². The highest BCUT2D eigenvalue weighted by Gasteiger charge is 2.37. The second kappa shape index (κ2) is 5.79. The summed E-state index contributed by atoms with van der Waals surface area (Å²) in [6.07, 6.45) is 4.51. The van der Waals surface area contributed by atoms with Crippen LogP contribution in [0.15, 0.2) is 12.5 Å². The molecule has 0 radical (unpaired) electrons. The summed E-state index contributed by atoms with van der Waals surface area (Å²) in [5.74, 6) is -0.0709. The molecule has 7 heteroatoms. The number of piperidine rings is 1. The van der Waals surface area contributed by atoms with Crippen LogP contribution >= 0.6 is 0 Å². The van der Waals surface area contributed by atoms with E-state index in [1.165, 1.54) is 6.33 Å². The first-order valence-corrected chi connectivity index (χ1v) is 7.93. The van der Waals surface area contributed by atoms with Crippen molar-refractivity contribution >= 4 is 12.0 Å². The smallest absolute Gasteiger partial charge is 0.410 e. The minimum atomic E-state index is -0.515. The number of aromatic nitrogens is 2. The Labute approximate surface area is 135 Å². The van der Waals surface area contributed by atoms with E-state index < -0.39 is 5.60 Å². The Kier molecular flexibility index (Phi) is 3.95. The first-order chi connectivity index (χ1) is 10.8. The van der Waals surface area contributed by atoms with Crippen molar-refractivity contribution in [3.05, 3.63) is 23.8 Å². The van der Waals surface area contributed by atoms with Gasteiger partial charge in [0.05, 0.1) is 12.6 Å². The normalized spacial score (nSPS) is 21.3. The maximum absolute atomic E-state index is 12.5. The molecule has 1 aromatic rings. The largest absolute Gasteiger partial charge is 0.444 e. The van der Waals surface area contributed by atoms with E-state index in [2.05, 4.69) is 9.97 Å². The quantitative estimate of drug-likeness (QED) is 0.789. The zero-order valence-electron chi connectivity index (χ0n) is 13.8. The van der Waals surface area contributed by atoms with Crippen molar-refractivity contribution in [2.24, 2.45) is 0 Å². The number of fused-ring (bicyclic) bond motifs is 1. The van der Waals surface area contributed by atoms with Gasteiger partial charge in [-0.25, -0.2) is 14.8 Å². The summed E-state index contributed by atoms with van der Waals surface area (Å²) in [5, 5.41) is 0. The third-order valence-corrected chi connectivity index (χ3v) is 4.08. The monoisotopic (exact) mass is 318 g/mol. The maximum atomic E-state index is 12.5. The molecule has 0 aromatic carbocycles. The van der Waals surface area contributed by atoms with E-state index in [-0.39, 0.29) is 18.0 Å². The number of amides is 2. The standard InChI is InChI=1S/C16H22N4O3/c1-16(2,3)23-15(22)19-6-4-5-12(9-19)20-8-11-7-17-10-18-13(11)14(20)21/h7,10,12H,4-6,8-9H2,1-3H3. The lowest BCUT2D eigenvalue weighted by Gasteiger charge is -2.37. The molecule has 1 aromatic heterocycles. The first-order valence-electron chi connectivity index (χ1n) is 7.93. The van der Waals surface area contributed by atoms with Crippen LogP contribution in [0.2, 0.25) is 0 Å². The van der Waals surface area contributed by atoms with E-state index in [1.807, 2.05) is 20.8 Å². The van der Waals surface area contributed by atoms with E-state index in [0.717, 1.165) is 18.4 Å². The van der Waals surface area contributed by atoms with Crippen molar-refractivity contribution in [1.82, 2.24) is 19.8 Å². The summed E-state index contributed by atoms with van der Waals surface area (Å²) in [7, 11) is 0. The summed E-state index contributed by atoms with van der Waals surface area (Å²) in [6, 6.07) is -0.00188. The summed E-state index contributed by atoms with van der Waals surface area (Å²) >= 11 is 0. The number of ether oxygens (including phenoxy) is 1. The van der Waals surface area contributed by atoms with Crippen LogP contribution in [-0.4, -0.2) is 56.5 Å². The third-order valence-electron chi connectivity index (χ3n) is 4.08. The van der Waals surface area contributed by atoms with Gasteiger partial charge in [0.2, 0.25) is 0 Å². The van der Waals surface area contributed by atoms with Crippen LogP contribution < -0.4 is 0 Å². The van der Waals surface area contributed by atoms with Gasteiger partial charge >= 0.3 is 6.09 Å². The summed E-state index contributed by atoms with van der Waals surface area (Å²) in [5.41, 5.74) is 0.820. The average molecular weight is 318 g/mol. The minimum absolute atomic E-state index is 0.00188. The molecule has 0 saturated carbocycles. The molecule has 2 aliphatic rings. The van der Waals surface area contributed by atoms with E-state index >= 15 is 0 Å². The van der Waals surface area contributed by atoms with Crippen LogP contribution in [0.3, 0.4) is 0 Å². The number of carbonyl (C=O) groups is 2. The van der Waals surface area contributed by atoms with Crippen molar-refractivity contribution in [2.45, 2.75) is 51.8 Å². The number of carbonyl (C=O) groups excluding carboxylic acids is 2. The van der Waals surface area contributed by atoms with Gasteiger partial charge in [-0.1, -0.05) is 0 Å². The fraction of sp³-hybridized carbons (Fsp3) is 0.625. The summed E-state index contributed by atoms with van der Waals surface area (Å²) in [6.45, 7) is 7.24. The van der Waals surface area contributed by atoms with Crippen LogP contribution in [0.5, 0.6) is 0 Å². The van der Waals surface area contributed by atoms with Crippen molar-refractivity contribution < 1.29 is 14.3 Å². The number of rotatable bonds is 1. The highest BCUT2D eigenvalue weighted by Crippen LogP contribution is 2.26. The van der Waals surface area contributed by atoms with Crippen LogP contribution in [0, 0.1) is 0 Å². The molecule has 1 fully saturated rings. The van der Waals surface area contributed by atoms with E-state index in [0.29, 0.717) is 25.3 Å². The molecule has 0 N–H and O–H groups in total. The molecule has 23 heavy (non-hydrogen) atoms. The predicted molar refractivity (Wildman–Crippen MR) is 82.7 cm³/mol. The molecule has 2 amide bonds. The van der Waals surface area contributed by atoms with E-state index in [4.69, 9.17) is 4.74 Å². The molecule has 1 unspecified atom stereocenters. The number of hydrogen-bond donors (Lipinski definition) is 0. The first kappa shape index (κ1) is 15.7. The Morgan fingerprint density at radius 2 is 2.17 bits per heavy atom. The van der Waals surface area contributed by atoms with E-state index in [1.54, 1.807) is 16.0 Å². The molecular formula is C16H22N4O3. The van der Waals surface area contributed by atoms with Crippen LogP contribution in [0.4, 0.5) is 4.79 Å². The lowest BCUT2D eigenvalue weighted by atomic mass is 10.0. The van der Waals surface area contributed by atoms with Gasteiger partial charge in [0.1, 0.15) is 17.6 Å². The fourth-order valence-electron chi connectivity index (χ4n) is 3.05. The minimum Gasteiger partial charge on any atom is -0.444 e. The molecule has 0 aliphatic carbocycles. The lowest BCUT2D eigenvalue weighted by Crippen LogP contribution is -2.50. The average Bonchev–Trinajstić information content (AvgIpc) is 2.83. The van der Waals surface area contributed by atoms with Gasteiger partial charge in [0, 0.05) is 24.8 Å². The van der Waals surface area contributed by atoms with E-state index in [9.17, 15) is 9.59 Å². The number of nitrogens with zero attached hydrogens (tertiary/aromatic N) is 4. The van der Waals surface area contributed by atoms with Gasteiger partial charge in [-0.3, -0.25) is 4.79 Å². The Bertz CT molecular complexity index is 626. The number of likely N-dealkylation sites (tertiary alicyclic amines) is 1. The fourth-order valence-corrected chi connectivity index (χ4v) is 3.05. The molecule has 1 saturated heterocycles. The van der Waals surface area contributed by atoms with Crippen LogP contribution in [0.1, 0.15) is 49.7 Å². The van der Waals surface area contributed by atoms with Crippen molar-refractivity contribution in [3.63, 3.8) is 0 Å². The van der Waals surface area contributed by atoms with Gasteiger partial charge in [0.25, 0.3) is 5.91 Å². The van der Waals surface area contributed by atoms with Gasteiger partial charge in [-0.15, -0.1) is 0 Å². The van der Waals surface area contributed by atoms with Crippen molar-refractivity contribution in [2.75, 3.05) is 13.1 Å². The molecule has 0 bridgehead atoms. The highest BCUT2D eigenvalue weighted by molar-refractivity contribution is 5.96. The molecular weight excluding hydrogens is 296 g/mol. The van der Waals surface area contributed by atoms with Gasteiger partial charge in [-0.2, -0.15) is 0 Å². The third kappa shape index (κ3) is 3.28. The van der Waals surface area contributed by atoms with Gasteiger partial charge in [0.15, 0.2) is 0 Å². The van der Waals surface area contributed by atoms with Crippen LogP contribution in [-0.2, 0) is 11.3 Å². The second-order valence-corrected chi connectivity index (χ2v) is 7.05.